The molecule has 0 saturated heterocycles. The SMILES string of the molecule is Nc1c(Br)ccc(F)c1Oc1ccccc1C(F)F. The predicted octanol–water partition coefficient (Wildman–Crippen LogP) is 4.90. The minimum Gasteiger partial charge on any atom is -0.452 e. The number of benzene rings is 2. The Morgan fingerprint density at radius 2 is 1.79 bits per heavy atom. The van der Waals surface area contributed by atoms with Gasteiger partial charge >= 0.3 is 0 Å². The Hall–Kier alpha value is -1.69. The minimum absolute atomic E-state index is 0.0177. The topological polar surface area (TPSA) is 35.2 Å². The zero-order valence-corrected chi connectivity index (χ0v) is 11.1. The van der Waals surface area contributed by atoms with Crippen LogP contribution in [-0.2, 0) is 0 Å². The molecule has 6 heteroatoms. The molecule has 100 valence electrons. The van der Waals surface area contributed by atoms with E-state index in [1.54, 1.807) is 0 Å². The molecule has 0 aromatic heterocycles. The van der Waals surface area contributed by atoms with Gasteiger partial charge < -0.3 is 10.5 Å². The molecule has 2 N–H and O–H groups in total. The van der Waals surface area contributed by atoms with Crippen LogP contribution in [0.4, 0.5) is 18.9 Å². The summed E-state index contributed by atoms with van der Waals surface area (Å²) in [6.45, 7) is 0. The number of ether oxygens (including phenoxy) is 1. The molecule has 0 atom stereocenters. The van der Waals surface area contributed by atoms with Crippen LogP contribution in [0.1, 0.15) is 12.0 Å². The molecular weight excluding hydrogens is 323 g/mol. The maximum Gasteiger partial charge on any atom is 0.267 e. The van der Waals surface area contributed by atoms with Gasteiger partial charge in [-0.3, -0.25) is 0 Å². The second kappa shape index (κ2) is 5.52. The zero-order chi connectivity index (χ0) is 14.0. The van der Waals surface area contributed by atoms with E-state index in [1.165, 1.54) is 30.3 Å². The van der Waals surface area contributed by atoms with Crippen LogP contribution in [0.25, 0.3) is 0 Å². The van der Waals surface area contributed by atoms with Gasteiger partial charge in [-0.05, 0) is 40.2 Å². The van der Waals surface area contributed by atoms with Gasteiger partial charge in [0.15, 0.2) is 11.6 Å². The van der Waals surface area contributed by atoms with Crippen LogP contribution in [0.3, 0.4) is 0 Å². The molecule has 0 spiro atoms. The van der Waals surface area contributed by atoms with Gasteiger partial charge in [-0.25, -0.2) is 13.2 Å². The van der Waals surface area contributed by atoms with Crippen molar-refractivity contribution in [2.45, 2.75) is 6.43 Å². The summed E-state index contributed by atoms with van der Waals surface area (Å²) in [5.74, 6) is -1.12. The Labute approximate surface area is 116 Å². The van der Waals surface area contributed by atoms with Crippen molar-refractivity contribution in [3.8, 4) is 11.5 Å². The summed E-state index contributed by atoms with van der Waals surface area (Å²) in [4.78, 5) is 0. The first-order valence-electron chi connectivity index (χ1n) is 5.29. The molecule has 2 rings (SSSR count). The van der Waals surface area contributed by atoms with E-state index in [1.807, 2.05) is 0 Å². The quantitative estimate of drug-likeness (QED) is 0.812. The molecule has 0 heterocycles. The summed E-state index contributed by atoms with van der Waals surface area (Å²) in [7, 11) is 0. The Balaban J connectivity index is 2.45. The third-order valence-corrected chi connectivity index (χ3v) is 3.15. The van der Waals surface area contributed by atoms with Crippen molar-refractivity contribution in [2.75, 3.05) is 5.73 Å². The van der Waals surface area contributed by atoms with Crippen molar-refractivity contribution in [1.29, 1.82) is 0 Å². The van der Waals surface area contributed by atoms with Gasteiger partial charge in [0, 0.05) is 4.47 Å². The summed E-state index contributed by atoms with van der Waals surface area (Å²) in [6, 6.07) is 8.08. The molecule has 19 heavy (non-hydrogen) atoms. The summed E-state index contributed by atoms with van der Waals surface area (Å²) < 4.78 is 44.9. The average molecular weight is 332 g/mol. The van der Waals surface area contributed by atoms with Crippen LogP contribution in [0, 0.1) is 5.82 Å². The van der Waals surface area contributed by atoms with Gasteiger partial charge in [-0.2, -0.15) is 0 Å². The highest BCUT2D eigenvalue weighted by Gasteiger charge is 2.17. The van der Waals surface area contributed by atoms with E-state index in [0.717, 1.165) is 6.07 Å². The van der Waals surface area contributed by atoms with Crippen LogP contribution in [0.15, 0.2) is 40.9 Å². The van der Waals surface area contributed by atoms with Crippen molar-refractivity contribution in [2.24, 2.45) is 0 Å². The van der Waals surface area contributed by atoms with E-state index in [4.69, 9.17) is 10.5 Å². The molecule has 0 bridgehead atoms. The fourth-order valence-corrected chi connectivity index (χ4v) is 1.83. The van der Waals surface area contributed by atoms with E-state index in [0.29, 0.717) is 4.47 Å². The molecule has 0 fully saturated rings. The lowest BCUT2D eigenvalue weighted by Crippen LogP contribution is -1.98. The van der Waals surface area contributed by atoms with Crippen molar-refractivity contribution in [1.82, 2.24) is 0 Å². The van der Waals surface area contributed by atoms with Crippen LogP contribution in [-0.4, -0.2) is 0 Å². The number of nitrogens with two attached hydrogens (primary N) is 1. The standard InChI is InChI=1S/C13H9BrF3NO/c14-8-5-6-9(15)12(11(8)18)19-10-4-2-1-3-7(10)13(16)17/h1-6,13H,18H2. The van der Waals surface area contributed by atoms with Gasteiger partial charge in [-0.15, -0.1) is 0 Å². The number of hydrogen-bond acceptors (Lipinski definition) is 2. The van der Waals surface area contributed by atoms with Crippen LogP contribution < -0.4 is 10.5 Å². The highest BCUT2D eigenvalue weighted by atomic mass is 79.9. The number of halogens is 4. The largest absolute Gasteiger partial charge is 0.452 e. The summed E-state index contributed by atoms with van der Waals surface area (Å²) in [6.07, 6.45) is -2.72. The molecule has 0 unspecified atom stereocenters. The van der Waals surface area contributed by atoms with E-state index in [-0.39, 0.29) is 22.7 Å². The molecule has 2 aromatic rings. The monoisotopic (exact) mass is 331 g/mol. The summed E-state index contributed by atoms with van der Waals surface area (Å²) >= 11 is 3.12. The second-order valence-corrected chi connectivity index (χ2v) is 4.57. The first kappa shape index (κ1) is 13.7. The molecule has 0 radical (unpaired) electrons. The first-order valence-corrected chi connectivity index (χ1v) is 6.08. The lowest BCUT2D eigenvalue weighted by molar-refractivity contribution is 0.148. The molecule has 0 saturated carbocycles. The van der Waals surface area contributed by atoms with Gasteiger partial charge in [0.2, 0.25) is 0 Å². The normalized spacial score (nSPS) is 10.8. The van der Waals surface area contributed by atoms with E-state index in [9.17, 15) is 13.2 Å². The smallest absolute Gasteiger partial charge is 0.267 e. The third-order valence-electron chi connectivity index (χ3n) is 2.46. The van der Waals surface area contributed by atoms with Gasteiger partial charge in [0.05, 0.1) is 11.3 Å². The zero-order valence-electron chi connectivity index (χ0n) is 9.54. The summed E-state index contributed by atoms with van der Waals surface area (Å²) in [5, 5.41) is 0. The number of nitrogen functional groups attached to an aromatic ring is 1. The molecular formula is C13H9BrF3NO. The average Bonchev–Trinajstić information content (AvgIpc) is 2.39. The molecule has 0 amide bonds. The van der Waals surface area contributed by atoms with Crippen LogP contribution in [0.2, 0.25) is 0 Å². The van der Waals surface area contributed by atoms with Crippen LogP contribution in [0.5, 0.6) is 11.5 Å². The highest BCUT2D eigenvalue weighted by molar-refractivity contribution is 9.10. The number of para-hydroxylation sites is 1. The molecule has 2 aromatic carbocycles. The first-order chi connectivity index (χ1) is 9.00. The Morgan fingerprint density at radius 3 is 2.47 bits per heavy atom. The maximum absolute atomic E-state index is 13.6. The number of hydrogen-bond donors (Lipinski definition) is 1. The lowest BCUT2D eigenvalue weighted by Gasteiger charge is -2.13. The van der Waals surface area contributed by atoms with Gasteiger partial charge in [0.1, 0.15) is 5.75 Å². The summed E-state index contributed by atoms with van der Waals surface area (Å²) in [5.41, 5.74) is 5.36. The molecule has 2 nitrogen and oxygen atoms in total. The number of anilines is 1. The van der Waals surface area contributed by atoms with Gasteiger partial charge in [-0.1, -0.05) is 12.1 Å². The number of alkyl halides is 2. The predicted molar refractivity (Wildman–Crippen MR) is 70.0 cm³/mol. The molecule has 0 aliphatic rings. The van der Waals surface area contributed by atoms with Crippen molar-refractivity contribution < 1.29 is 17.9 Å². The molecule has 0 aliphatic carbocycles. The fourth-order valence-electron chi connectivity index (χ4n) is 1.52. The van der Waals surface area contributed by atoms with Crippen molar-refractivity contribution >= 4 is 21.6 Å². The van der Waals surface area contributed by atoms with Crippen molar-refractivity contribution in [3.05, 3.63) is 52.3 Å². The third kappa shape index (κ3) is 2.84. The Kier molecular flexibility index (Phi) is 3.99. The minimum atomic E-state index is -2.72. The number of rotatable bonds is 3. The Morgan fingerprint density at radius 1 is 1.11 bits per heavy atom. The lowest BCUT2D eigenvalue weighted by atomic mass is 10.2. The Bertz CT molecular complexity index is 604. The fraction of sp³-hybridized carbons (Fsp3) is 0.0769. The molecule has 0 aliphatic heterocycles. The van der Waals surface area contributed by atoms with Crippen molar-refractivity contribution in [3.63, 3.8) is 0 Å². The van der Waals surface area contributed by atoms with E-state index < -0.39 is 12.2 Å². The van der Waals surface area contributed by atoms with Gasteiger partial charge in [0.25, 0.3) is 6.43 Å². The maximum atomic E-state index is 13.6. The second-order valence-electron chi connectivity index (χ2n) is 3.71. The van der Waals surface area contributed by atoms with E-state index >= 15 is 0 Å². The highest BCUT2D eigenvalue weighted by Crippen LogP contribution is 2.38. The van der Waals surface area contributed by atoms with Crippen LogP contribution >= 0.6 is 15.9 Å². The van der Waals surface area contributed by atoms with E-state index in [2.05, 4.69) is 15.9 Å².